The Morgan fingerprint density at radius 2 is 1.77 bits per heavy atom. The number of rotatable bonds is 2. The van der Waals surface area contributed by atoms with Crippen LogP contribution in [0.4, 0.5) is 0 Å². The van der Waals surface area contributed by atoms with E-state index in [0.29, 0.717) is 13.1 Å². The molecular weight excluding hydrogens is 193 g/mol. The zero-order valence-electron chi connectivity index (χ0n) is 7.35. The number of piperidine rings is 1. The minimum absolute atomic E-state index is 0.423. The summed E-state index contributed by atoms with van der Waals surface area (Å²) in [6.07, 6.45) is 2.33. The van der Waals surface area contributed by atoms with E-state index in [0.717, 1.165) is 19.3 Å². The van der Waals surface area contributed by atoms with Crippen molar-refractivity contribution in [1.29, 1.82) is 0 Å². The molecule has 0 radical (unpaired) electrons. The van der Waals surface area contributed by atoms with Gasteiger partial charge in [-0.3, -0.25) is 9.36 Å². The molecule has 0 aliphatic carbocycles. The van der Waals surface area contributed by atoms with E-state index in [1.165, 1.54) is 4.90 Å². The lowest BCUT2D eigenvalue weighted by Crippen LogP contribution is -2.37. The van der Waals surface area contributed by atoms with Gasteiger partial charge in [-0.1, -0.05) is 0 Å². The highest BCUT2D eigenvalue weighted by Gasteiger charge is 2.24. The van der Waals surface area contributed by atoms with Crippen LogP contribution in [0.2, 0.25) is 0 Å². The number of nitrogens with zero attached hydrogens (tertiary/aromatic N) is 1. The van der Waals surface area contributed by atoms with Gasteiger partial charge in [-0.25, -0.2) is 0 Å². The maximum absolute atomic E-state index is 11.2. The van der Waals surface area contributed by atoms with E-state index in [4.69, 9.17) is 9.79 Å². The maximum Gasteiger partial charge on any atom is 0.334 e. The summed E-state index contributed by atoms with van der Waals surface area (Å²) in [5.41, 5.74) is 0. The van der Waals surface area contributed by atoms with Gasteiger partial charge < -0.3 is 14.7 Å². The quantitative estimate of drug-likeness (QED) is 0.633. The zero-order valence-corrected chi connectivity index (χ0v) is 8.24. The standard InChI is InChI=1S/C7H14NO4P/c9-7(6-13(10,11)12)8-4-2-1-3-5-8/h1-6H2,(H2,10,11,12). The molecule has 0 aromatic rings. The molecule has 0 saturated carbocycles. The van der Waals surface area contributed by atoms with Crippen LogP contribution in [0.3, 0.4) is 0 Å². The van der Waals surface area contributed by atoms with Crippen LogP contribution in [-0.4, -0.2) is 39.8 Å². The van der Waals surface area contributed by atoms with Gasteiger partial charge in [-0.2, -0.15) is 0 Å². The Morgan fingerprint density at radius 3 is 2.23 bits per heavy atom. The van der Waals surface area contributed by atoms with Gasteiger partial charge in [0.25, 0.3) is 0 Å². The van der Waals surface area contributed by atoms with E-state index < -0.39 is 19.7 Å². The van der Waals surface area contributed by atoms with Gasteiger partial charge in [0.1, 0.15) is 6.16 Å². The first-order valence-electron chi connectivity index (χ1n) is 4.31. The van der Waals surface area contributed by atoms with Crippen LogP contribution in [0, 0.1) is 0 Å². The summed E-state index contributed by atoms with van der Waals surface area (Å²) in [7, 11) is -4.18. The minimum atomic E-state index is -4.18. The molecular formula is C7H14NO4P. The van der Waals surface area contributed by atoms with Gasteiger partial charge in [-0.15, -0.1) is 0 Å². The van der Waals surface area contributed by atoms with Crippen LogP contribution in [0.25, 0.3) is 0 Å². The van der Waals surface area contributed by atoms with E-state index in [1.807, 2.05) is 0 Å². The lowest BCUT2D eigenvalue weighted by molar-refractivity contribution is -0.129. The summed E-state index contributed by atoms with van der Waals surface area (Å²) in [4.78, 5) is 29.9. The summed E-state index contributed by atoms with van der Waals surface area (Å²) in [5, 5.41) is 0. The fourth-order valence-electron chi connectivity index (χ4n) is 1.42. The Morgan fingerprint density at radius 1 is 1.23 bits per heavy atom. The number of carbonyl (C=O) groups is 1. The second-order valence-electron chi connectivity index (χ2n) is 3.26. The third kappa shape index (κ3) is 3.89. The van der Waals surface area contributed by atoms with Gasteiger partial charge in [0, 0.05) is 13.1 Å². The van der Waals surface area contributed by atoms with E-state index in [1.54, 1.807) is 0 Å². The number of carbonyl (C=O) groups excluding carboxylic acids is 1. The Balaban J connectivity index is 2.42. The second kappa shape index (κ2) is 4.22. The number of hydrogen-bond acceptors (Lipinski definition) is 2. The lowest BCUT2D eigenvalue weighted by atomic mass is 10.1. The van der Waals surface area contributed by atoms with Gasteiger partial charge in [0.2, 0.25) is 5.91 Å². The molecule has 0 atom stereocenters. The Bertz CT molecular complexity index is 231. The molecule has 0 spiro atoms. The molecule has 1 amide bonds. The Hall–Kier alpha value is -0.380. The Kier molecular flexibility index (Phi) is 3.47. The molecule has 1 aliphatic heterocycles. The molecule has 0 aromatic heterocycles. The van der Waals surface area contributed by atoms with Crippen molar-refractivity contribution in [1.82, 2.24) is 4.90 Å². The van der Waals surface area contributed by atoms with Crippen molar-refractivity contribution < 1.29 is 19.1 Å². The fraction of sp³-hybridized carbons (Fsp3) is 0.857. The topological polar surface area (TPSA) is 77.8 Å². The summed E-state index contributed by atoms with van der Waals surface area (Å²) >= 11 is 0. The third-order valence-electron chi connectivity index (χ3n) is 2.05. The van der Waals surface area contributed by atoms with Crippen molar-refractivity contribution in [2.75, 3.05) is 19.3 Å². The van der Waals surface area contributed by atoms with Gasteiger partial charge >= 0.3 is 7.60 Å². The third-order valence-corrected chi connectivity index (χ3v) is 2.73. The molecule has 13 heavy (non-hydrogen) atoms. The first kappa shape index (κ1) is 10.7. The molecule has 1 fully saturated rings. The monoisotopic (exact) mass is 207 g/mol. The molecule has 2 N–H and O–H groups in total. The van der Waals surface area contributed by atoms with E-state index >= 15 is 0 Å². The van der Waals surface area contributed by atoms with Crippen LogP contribution in [0.15, 0.2) is 0 Å². The highest BCUT2D eigenvalue weighted by molar-refractivity contribution is 7.52. The molecule has 0 bridgehead atoms. The Labute approximate surface area is 76.9 Å². The van der Waals surface area contributed by atoms with Crippen LogP contribution in [-0.2, 0) is 9.36 Å². The van der Waals surface area contributed by atoms with Crippen molar-refractivity contribution in [2.24, 2.45) is 0 Å². The first-order chi connectivity index (χ1) is 5.99. The molecule has 1 aliphatic rings. The van der Waals surface area contributed by atoms with Crippen LogP contribution in [0.5, 0.6) is 0 Å². The van der Waals surface area contributed by atoms with Crippen LogP contribution in [0.1, 0.15) is 19.3 Å². The van der Waals surface area contributed by atoms with Crippen molar-refractivity contribution in [3.63, 3.8) is 0 Å². The fourth-order valence-corrected chi connectivity index (χ4v) is 1.97. The van der Waals surface area contributed by atoms with E-state index in [9.17, 15) is 9.36 Å². The summed E-state index contributed by atoms with van der Waals surface area (Å²) in [6, 6.07) is 0. The van der Waals surface area contributed by atoms with Gasteiger partial charge in [0.05, 0.1) is 0 Å². The number of likely N-dealkylation sites (tertiary alicyclic amines) is 1. The predicted molar refractivity (Wildman–Crippen MR) is 47.3 cm³/mol. The summed E-state index contributed by atoms with van der Waals surface area (Å²) in [6.45, 7) is 1.28. The highest BCUT2D eigenvalue weighted by atomic mass is 31.2. The van der Waals surface area contributed by atoms with Crippen LogP contribution >= 0.6 is 7.60 Å². The van der Waals surface area contributed by atoms with Crippen molar-refractivity contribution in [2.45, 2.75) is 19.3 Å². The molecule has 1 heterocycles. The normalized spacial score (nSPS) is 18.8. The zero-order chi connectivity index (χ0) is 9.90. The second-order valence-corrected chi connectivity index (χ2v) is 4.91. The highest BCUT2D eigenvalue weighted by Crippen LogP contribution is 2.34. The maximum atomic E-state index is 11.2. The molecule has 1 saturated heterocycles. The molecule has 0 unspecified atom stereocenters. The molecule has 5 nitrogen and oxygen atoms in total. The SMILES string of the molecule is O=C(CP(=O)(O)O)N1CCCCC1. The molecule has 76 valence electrons. The van der Waals surface area contributed by atoms with Crippen molar-refractivity contribution >= 4 is 13.5 Å². The van der Waals surface area contributed by atoms with E-state index in [2.05, 4.69) is 0 Å². The summed E-state index contributed by atoms with van der Waals surface area (Å²) < 4.78 is 10.5. The summed E-state index contributed by atoms with van der Waals surface area (Å²) in [5.74, 6) is -0.423. The van der Waals surface area contributed by atoms with Crippen molar-refractivity contribution in [3.05, 3.63) is 0 Å². The van der Waals surface area contributed by atoms with Crippen molar-refractivity contribution in [3.8, 4) is 0 Å². The predicted octanol–water partition coefficient (Wildman–Crippen LogP) is 0.177. The van der Waals surface area contributed by atoms with Crippen LogP contribution < -0.4 is 0 Å². The molecule has 1 rings (SSSR count). The number of amides is 1. The van der Waals surface area contributed by atoms with Gasteiger partial charge in [-0.05, 0) is 19.3 Å². The average molecular weight is 207 g/mol. The van der Waals surface area contributed by atoms with Gasteiger partial charge in [0.15, 0.2) is 0 Å². The smallest absolute Gasteiger partial charge is 0.334 e. The first-order valence-corrected chi connectivity index (χ1v) is 6.11. The number of hydrogen-bond donors (Lipinski definition) is 2. The largest absolute Gasteiger partial charge is 0.342 e. The molecule has 6 heteroatoms. The van der Waals surface area contributed by atoms with E-state index in [-0.39, 0.29) is 0 Å². The molecule has 0 aromatic carbocycles. The lowest BCUT2D eigenvalue weighted by Gasteiger charge is -2.26. The minimum Gasteiger partial charge on any atom is -0.342 e. The average Bonchev–Trinajstić information content (AvgIpc) is 2.03.